The molecule has 0 spiro atoms. The largest absolute Gasteiger partial charge is 0.493 e. The quantitative estimate of drug-likeness (QED) is 0.762. The summed E-state index contributed by atoms with van der Waals surface area (Å²) in [6, 6.07) is 9.20. The van der Waals surface area contributed by atoms with E-state index in [4.69, 9.17) is 32.7 Å². The molecule has 3 rings (SSSR count). The Kier molecular flexibility index (Phi) is 6.16. The standard InChI is InChI=1S/C19H19Cl2N3O4/c1-27-16-6-4-13(9-17(16)28-2)24-10-12(8-18(24)25)22-19(26)23-15-7-11(20)3-5-14(15)21/h3-7,9,12H,8,10H2,1-2H3,(H2,22,23,26). The number of carbonyl (C=O) groups is 2. The smallest absolute Gasteiger partial charge is 0.319 e. The molecule has 1 aliphatic heterocycles. The number of carbonyl (C=O) groups excluding carboxylic acids is 2. The Hall–Kier alpha value is -2.64. The van der Waals surface area contributed by atoms with Crippen LogP contribution >= 0.6 is 23.2 Å². The molecule has 0 saturated carbocycles. The SMILES string of the molecule is COc1ccc(N2CC(NC(=O)Nc3cc(Cl)ccc3Cl)CC2=O)cc1OC. The van der Waals surface area contributed by atoms with Crippen LogP contribution in [-0.2, 0) is 4.79 Å². The van der Waals surface area contributed by atoms with Crippen molar-refractivity contribution in [1.82, 2.24) is 5.32 Å². The van der Waals surface area contributed by atoms with Crippen LogP contribution in [0.25, 0.3) is 0 Å². The second kappa shape index (κ2) is 8.58. The molecule has 3 amide bonds. The number of methoxy groups -OCH3 is 2. The summed E-state index contributed by atoms with van der Waals surface area (Å²) in [7, 11) is 3.08. The topological polar surface area (TPSA) is 79.9 Å². The lowest BCUT2D eigenvalue weighted by molar-refractivity contribution is -0.117. The van der Waals surface area contributed by atoms with E-state index in [1.807, 2.05) is 0 Å². The molecular weight excluding hydrogens is 405 g/mol. The molecule has 0 radical (unpaired) electrons. The molecule has 0 aromatic heterocycles. The van der Waals surface area contributed by atoms with Gasteiger partial charge in [0.05, 0.1) is 31.0 Å². The van der Waals surface area contributed by atoms with Gasteiger partial charge in [0.1, 0.15) is 0 Å². The first kappa shape index (κ1) is 20.1. The molecule has 2 N–H and O–H groups in total. The van der Waals surface area contributed by atoms with Gasteiger partial charge in [-0.25, -0.2) is 4.79 Å². The molecule has 148 valence electrons. The summed E-state index contributed by atoms with van der Waals surface area (Å²) in [5, 5.41) is 6.26. The Labute approximate surface area is 172 Å². The second-order valence-electron chi connectivity index (χ2n) is 6.17. The van der Waals surface area contributed by atoms with Gasteiger partial charge < -0.3 is 25.0 Å². The van der Waals surface area contributed by atoms with Crippen molar-refractivity contribution in [3.63, 3.8) is 0 Å². The molecule has 1 atom stereocenters. The van der Waals surface area contributed by atoms with Gasteiger partial charge in [-0.2, -0.15) is 0 Å². The van der Waals surface area contributed by atoms with Crippen LogP contribution < -0.4 is 25.0 Å². The Morgan fingerprint density at radius 1 is 1.11 bits per heavy atom. The van der Waals surface area contributed by atoms with Crippen LogP contribution in [0.2, 0.25) is 10.0 Å². The van der Waals surface area contributed by atoms with E-state index in [1.165, 1.54) is 7.11 Å². The zero-order valence-electron chi connectivity index (χ0n) is 15.3. The summed E-state index contributed by atoms with van der Waals surface area (Å²) < 4.78 is 10.5. The highest BCUT2D eigenvalue weighted by atomic mass is 35.5. The molecule has 28 heavy (non-hydrogen) atoms. The van der Waals surface area contributed by atoms with Crippen molar-refractivity contribution in [1.29, 1.82) is 0 Å². The Morgan fingerprint density at radius 3 is 2.57 bits per heavy atom. The van der Waals surface area contributed by atoms with Crippen LogP contribution in [0.15, 0.2) is 36.4 Å². The monoisotopic (exact) mass is 423 g/mol. The fraction of sp³-hybridized carbons (Fsp3) is 0.263. The van der Waals surface area contributed by atoms with E-state index in [1.54, 1.807) is 48.4 Å². The van der Waals surface area contributed by atoms with E-state index in [-0.39, 0.29) is 18.4 Å². The maximum absolute atomic E-state index is 12.4. The van der Waals surface area contributed by atoms with Gasteiger partial charge in [-0.3, -0.25) is 4.79 Å². The lowest BCUT2D eigenvalue weighted by Gasteiger charge is -2.19. The highest BCUT2D eigenvalue weighted by Crippen LogP contribution is 2.33. The van der Waals surface area contributed by atoms with Gasteiger partial charge in [-0.1, -0.05) is 23.2 Å². The average molecular weight is 424 g/mol. The third-order valence-electron chi connectivity index (χ3n) is 4.32. The number of anilines is 2. The number of nitrogens with zero attached hydrogens (tertiary/aromatic N) is 1. The molecule has 1 heterocycles. The number of benzene rings is 2. The lowest BCUT2D eigenvalue weighted by Crippen LogP contribution is -2.39. The van der Waals surface area contributed by atoms with Gasteiger partial charge >= 0.3 is 6.03 Å². The minimum atomic E-state index is -0.462. The molecule has 0 aliphatic carbocycles. The number of ether oxygens (including phenoxy) is 2. The summed E-state index contributed by atoms with van der Waals surface area (Å²) in [5.74, 6) is 1.00. The van der Waals surface area contributed by atoms with Crippen molar-refractivity contribution >= 4 is 46.5 Å². The maximum Gasteiger partial charge on any atom is 0.319 e. The third kappa shape index (κ3) is 4.43. The lowest BCUT2D eigenvalue weighted by atomic mass is 10.2. The van der Waals surface area contributed by atoms with E-state index in [9.17, 15) is 9.59 Å². The number of urea groups is 1. The van der Waals surface area contributed by atoms with Crippen molar-refractivity contribution in [3.05, 3.63) is 46.4 Å². The summed E-state index contributed by atoms with van der Waals surface area (Å²) >= 11 is 12.0. The van der Waals surface area contributed by atoms with Crippen LogP contribution in [-0.4, -0.2) is 38.7 Å². The first-order valence-corrected chi connectivity index (χ1v) is 9.22. The maximum atomic E-state index is 12.4. The summed E-state index contributed by atoms with van der Waals surface area (Å²) in [6.07, 6.45) is 0.186. The van der Waals surface area contributed by atoms with Gasteiger partial charge in [0.15, 0.2) is 11.5 Å². The minimum Gasteiger partial charge on any atom is -0.493 e. The van der Waals surface area contributed by atoms with E-state index >= 15 is 0 Å². The number of halogens is 2. The van der Waals surface area contributed by atoms with Gasteiger partial charge in [0.2, 0.25) is 5.91 Å². The van der Waals surface area contributed by atoms with E-state index in [0.29, 0.717) is 39.5 Å². The first-order chi connectivity index (χ1) is 13.4. The predicted octanol–water partition coefficient (Wildman–Crippen LogP) is 3.94. The van der Waals surface area contributed by atoms with Crippen LogP contribution in [0.1, 0.15) is 6.42 Å². The van der Waals surface area contributed by atoms with Crippen LogP contribution in [0.4, 0.5) is 16.2 Å². The Bertz CT molecular complexity index is 907. The number of hydrogen-bond donors (Lipinski definition) is 2. The van der Waals surface area contributed by atoms with Crippen LogP contribution in [0, 0.1) is 0 Å². The normalized spacial score (nSPS) is 16.1. The van der Waals surface area contributed by atoms with E-state index in [0.717, 1.165) is 0 Å². The molecule has 1 unspecified atom stereocenters. The third-order valence-corrected chi connectivity index (χ3v) is 4.88. The predicted molar refractivity (Wildman–Crippen MR) is 109 cm³/mol. The highest BCUT2D eigenvalue weighted by molar-refractivity contribution is 6.35. The molecule has 1 fully saturated rings. The van der Waals surface area contributed by atoms with Crippen molar-refractivity contribution in [2.45, 2.75) is 12.5 Å². The molecule has 0 bridgehead atoms. The number of hydrogen-bond acceptors (Lipinski definition) is 4. The molecular formula is C19H19Cl2N3O4. The second-order valence-corrected chi connectivity index (χ2v) is 7.01. The zero-order valence-corrected chi connectivity index (χ0v) is 16.8. The average Bonchev–Trinajstić information content (AvgIpc) is 3.04. The van der Waals surface area contributed by atoms with Gasteiger partial charge in [0, 0.05) is 29.7 Å². The van der Waals surface area contributed by atoms with Crippen LogP contribution in [0.3, 0.4) is 0 Å². The van der Waals surface area contributed by atoms with Crippen molar-refractivity contribution in [2.24, 2.45) is 0 Å². The molecule has 7 nitrogen and oxygen atoms in total. The van der Waals surface area contributed by atoms with Gasteiger partial charge in [-0.15, -0.1) is 0 Å². The minimum absolute atomic E-state index is 0.0988. The molecule has 9 heteroatoms. The number of amides is 3. The Morgan fingerprint density at radius 2 is 1.86 bits per heavy atom. The fourth-order valence-electron chi connectivity index (χ4n) is 2.98. The Balaban J connectivity index is 1.66. The summed E-state index contributed by atoms with van der Waals surface area (Å²) in [6.45, 7) is 0.338. The van der Waals surface area contributed by atoms with Gasteiger partial charge in [0.25, 0.3) is 0 Å². The molecule has 1 saturated heterocycles. The molecule has 1 aliphatic rings. The molecule has 2 aromatic rings. The van der Waals surface area contributed by atoms with Crippen molar-refractivity contribution in [3.8, 4) is 11.5 Å². The van der Waals surface area contributed by atoms with Gasteiger partial charge in [-0.05, 0) is 30.3 Å². The number of nitrogens with one attached hydrogen (secondary N) is 2. The summed E-state index contributed by atoms with van der Waals surface area (Å²) in [5.41, 5.74) is 1.07. The summed E-state index contributed by atoms with van der Waals surface area (Å²) in [4.78, 5) is 26.3. The van der Waals surface area contributed by atoms with Crippen molar-refractivity contribution < 1.29 is 19.1 Å². The van der Waals surface area contributed by atoms with Crippen LogP contribution in [0.5, 0.6) is 11.5 Å². The molecule has 2 aromatic carbocycles. The first-order valence-electron chi connectivity index (χ1n) is 8.46. The van der Waals surface area contributed by atoms with E-state index in [2.05, 4.69) is 10.6 Å². The number of rotatable bonds is 5. The fourth-order valence-corrected chi connectivity index (χ4v) is 3.32. The van der Waals surface area contributed by atoms with Crippen molar-refractivity contribution in [2.75, 3.05) is 31.0 Å². The zero-order chi connectivity index (χ0) is 20.3. The van der Waals surface area contributed by atoms with E-state index < -0.39 is 6.03 Å². The highest BCUT2D eigenvalue weighted by Gasteiger charge is 2.32.